The van der Waals surface area contributed by atoms with E-state index in [1.54, 1.807) is 0 Å². The first-order chi connectivity index (χ1) is 13.0. The van der Waals surface area contributed by atoms with Crippen LogP contribution in [0.1, 0.15) is 38.4 Å². The largest absolute Gasteiger partial charge is 0.393 e. The Morgan fingerprint density at radius 3 is 3.05 bits per heavy atom. The molecule has 0 radical (unpaired) electrons. The molecular formula is C13H20N4O3. The monoisotopic (exact) mass is 289 g/mol. The smallest absolute Gasteiger partial charge is 0.332 e. The van der Waals surface area contributed by atoms with E-state index in [-0.39, 0.29) is 18.6 Å². The molecule has 0 fully saturated rings. The van der Waals surface area contributed by atoms with Gasteiger partial charge in [-0.1, -0.05) is 0 Å². The van der Waals surface area contributed by atoms with Crippen LogP contribution in [0.25, 0.3) is 11.2 Å². The second-order valence-corrected chi connectivity index (χ2v) is 4.23. The summed E-state index contributed by atoms with van der Waals surface area (Å²) in [6.07, 6.45) is -6.13. The number of aliphatic hydroxyl groups is 1. The number of aryl methyl sites for hydroxylation is 2. The molecule has 1 atom stereocenters. The van der Waals surface area contributed by atoms with Crippen molar-refractivity contribution in [2.75, 3.05) is 0 Å². The third-order valence-electron chi connectivity index (χ3n) is 2.87. The van der Waals surface area contributed by atoms with Crippen molar-refractivity contribution in [3.8, 4) is 0 Å². The summed E-state index contributed by atoms with van der Waals surface area (Å²) in [5, 5.41) is 9.67. The van der Waals surface area contributed by atoms with Crippen LogP contribution < -0.4 is 11.2 Å². The predicted octanol–water partition coefficient (Wildman–Crippen LogP) is -0.0152. The van der Waals surface area contributed by atoms with Gasteiger partial charge in [0.15, 0.2) is 11.2 Å². The highest BCUT2D eigenvalue weighted by Gasteiger charge is 2.14. The topological polar surface area (TPSA) is 82.1 Å². The highest BCUT2D eigenvalue weighted by molar-refractivity contribution is 5.69. The highest BCUT2D eigenvalue weighted by Crippen LogP contribution is 2.04. The lowest BCUT2D eigenvalue weighted by Gasteiger charge is -2.09. The van der Waals surface area contributed by atoms with E-state index in [1.165, 1.54) is 7.05 Å². The van der Waals surface area contributed by atoms with Gasteiger partial charge in [0.25, 0.3) is 5.56 Å². The zero-order valence-corrected chi connectivity index (χ0v) is 10.8. The molecule has 2 rings (SSSR count). The zero-order chi connectivity index (χ0) is 22.5. The highest BCUT2D eigenvalue weighted by atomic mass is 16.3. The fourth-order valence-electron chi connectivity index (χ4n) is 1.88. The van der Waals surface area contributed by atoms with E-state index in [1.807, 2.05) is 0 Å². The molecule has 1 N–H and O–H groups in total. The van der Waals surface area contributed by atoms with Gasteiger partial charge in [0.05, 0.1) is 12.4 Å². The summed E-state index contributed by atoms with van der Waals surface area (Å²) < 4.78 is 69.0. The molecule has 0 amide bonds. The van der Waals surface area contributed by atoms with Gasteiger partial charge in [0, 0.05) is 31.5 Å². The van der Waals surface area contributed by atoms with Crippen LogP contribution in [-0.2, 0) is 20.6 Å². The van der Waals surface area contributed by atoms with Gasteiger partial charge in [-0.3, -0.25) is 13.9 Å². The van der Waals surface area contributed by atoms with E-state index >= 15 is 0 Å². The molecule has 0 aliphatic carbocycles. The molecular weight excluding hydrogens is 260 g/mol. The van der Waals surface area contributed by atoms with E-state index in [2.05, 4.69) is 4.98 Å². The number of hydrogen-bond donors (Lipinski definition) is 1. The summed E-state index contributed by atoms with van der Waals surface area (Å²) >= 11 is 0. The Hall–Kier alpha value is -1.89. The molecule has 0 aliphatic rings. The molecule has 0 saturated carbocycles. The Bertz CT molecular complexity index is 1030. The molecule has 2 aromatic heterocycles. The van der Waals surface area contributed by atoms with Gasteiger partial charge in [-0.15, -0.1) is 0 Å². The SMILES string of the molecule is [2H]c1nc2c(c(=O)n(CCCC([2H])([2H])C(O)C([2H])([2H])[2H])c(=O)n2C)n1C([2H])([2H])[2H]. The summed E-state index contributed by atoms with van der Waals surface area (Å²) in [4.78, 5) is 28.9. The maximum atomic E-state index is 12.8. The third kappa shape index (κ3) is 2.53. The Morgan fingerprint density at radius 1 is 1.55 bits per heavy atom. The van der Waals surface area contributed by atoms with E-state index < -0.39 is 55.8 Å². The summed E-state index contributed by atoms with van der Waals surface area (Å²) in [5.41, 5.74) is -2.61. The Kier molecular flexibility index (Phi) is 1.89. The molecule has 0 saturated heterocycles. The zero-order valence-electron chi connectivity index (χ0n) is 19.8. The van der Waals surface area contributed by atoms with Crippen molar-refractivity contribution in [3.05, 3.63) is 27.1 Å². The summed E-state index contributed by atoms with van der Waals surface area (Å²) in [5.74, 6) is 0. The Balaban J connectivity index is 2.45. The molecule has 1 unspecified atom stereocenters. The van der Waals surface area contributed by atoms with Gasteiger partial charge in [-0.2, -0.15) is 0 Å². The lowest BCUT2D eigenvalue weighted by molar-refractivity contribution is 0.180. The van der Waals surface area contributed by atoms with Crippen molar-refractivity contribution >= 4 is 11.2 Å². The van der Waals surface area contributed by atoms with Crippen LogP contribution >= 0.6 is 0 Å². The van der Waals surface area contributed by atoms with E-state index in [9.17, 15) is 14.7 Å². The molecule has 0 spiro atoms. The number of hydrogen-bond acceptors (Lipinski definition) is 4. The number of aromatic nitrogens is 4. The van der Waals surface area contributed by atoms with Crippen molar-refractivity contribution in [3.63, 3.8) is 0 Å². The van der Waals surface area contributed by atoms with Crippen LogP contribution in [-0.4, -0.2) is 29.9 Å². The molecule has 110 valence electrons. The average molecular weight is 289 g/mol. The molecule has 0 aromatic carbocycles. The van der Waals surface area contributed by atoms with Crippen LogP contribution in [0.3, 0.4) is 0 Å². The van der Waals surface area contributed by atoms with E-state index in [4.69, 9.17) is 12.3 Å². The number of aliphatic hydroxyl groups excluding tert-OH is 1. The first-order valence-corrected chi connectivity index (χ1v) is 5.87. The quantitative estimate of drug-likeness (QED) is 0.839. The van der Waals surface area contributed by atoms with E-state index in [0.717, 1.165) is 4.57 Å². The third-order valence-corrected chi connectivity index (χ3v) is 2.87. The maximum absolute atomic E-state index is 12.8. The maximum Gasteiger partial charge on any atom is 0.332 e. The van der Waals surface area contributed by atoms with Crippen molar-refractivity contribution in [2.45, 2.75) is 38.7 Å². The minimum absolute atomic E-state index is 0.184. The minimum Gasteiger partial charge on any atom is -0.393 e. The van der Waals surface area contributed by atoms with E-state index in [0.29, 0.717) is 9.13 Å². The van der Waals surface area contributed by atoms with Crippen LogP contribution in [0, 0.1) is 0 Å². The van der Waals surface area contributed by atoms with Crippen molar-refractivity contribution < 1.29 is 17.4 Å². The molecule has 7 nitrogen and oxygen atoms in total. The Labute approximate surface area is 128 Å². The van der Waals surface area contributed by atoms with Gasteiger partial charge in [0.2, 0.25) is 0 Å². The molecule has 0 aliphatic heterocycles. The lowest BCUT2D eigenvalue weighted by atomic mass is 10.2. The fourth-order valence-corrected chi connectivity index (χ4v) is 1.88. The summed E-state index contributed by atoms with van der Waals surface area (Å²) in [6.45, 7) is -6.18. The molecule has 2 aromatic rings. The average Bonchev–Trinajstić information content (AvgIpc) is 2.92. The molecule has 20 heavy (non-hydrogen) atoms. The summed E-state index contributed by atoms with van der Waals surface area (Å²) in [6, 6.07) is 0. The summed E-state index contributed by atoms with van der Waals surface area (Å²) in [7, 11) is 1.24. The second kappa shape index (κ2) is 5.62. The van der Waals surface area contributed by atoms with Crippen LogP contribution in [0.15, 0.2) is 15.9 Å². The van der Waals surface area contributed by atoms with Crippen LogP contribution in [0.5, 0.6) is 0 Å². The molecule has 0 bridgehead atoms. The van der Waals surface area contributed by atoms with Gasteiger partial charge in [-0.05, 0) is 26.1 Å². The van der Waals surface area contributed by atoms with Crippen LogP contribution in [0.4, 0.5) is 0 Å². The standard InChI is InChI=1S/C13H20N4O3/c1-9(18)6-4-5-7-17-12(19)10-11(14-8-15(10)2)16(3)13(17)20/h8-9,18H,4-7H2,1-3H3/i1D3,2D3,6D2,8D. The normalized spacial score (nSPS) is 21.6. The second-order valence-electron chi connectivity index (χ2n) is 4.23. The first kappa shape index (κ1) is 6.71. The number of nitrogens with zero attached hydrogens (tertiary/aromatic N) is 4. The van der Waals surface area contributed by atoms with Gasteiger partial charge in [0.1, 0.15) is 1.37 Å². The number of imidazole rings is 1. The Morgan fingerprint density at radius 2 is 2.35 bits per heavy atom. The van der Waals surface area contributed by atoms with Gasteiger partial charge in [-0.25, -0.2) is 9.78 Å². The van der Waals surface area contributed by atoms with Crippen molar-refractivity contribution in [1.29, 1.82) is 0 Å². The molecule has 2 heterocycles. The first-order valence-electron chi connectivity index (χ1n) is 10.4. The van der Waals surface area contributed by atoms with Gasteiger partial charge < -0.3 is 9.67 Å². The number of fused-ring (bicyclic) bond motifs is 1. The van der Waals surface area contributed by atoms with Crippen LogP contribution in [0.2, 0.25) is 0 Å². The minimum atomic E-state index is -2.94. The van der Waals surface area contributed by atoms with Crippen molar-refractivity contribution in [1.82, 2.24) is 18.7 Å². The lowest BCUT2D eigenvalue weighted by Crippen LogP contribution is -2.39. The predicted molar refractivity (Wildman–Crippen MR) is 75.7 cm³/mol. The van der Waals surface area contributed by atoms with Gasteiger partial charge >= 0.3 is 5.69 Å². The molecule has 7 heteroatoms. The number of rotatable bonds is 5. The fraction of sp³-hybridized carbons (Fsp3) is 0.615. The van der Waals surface area contributed by atoms with Crippen molar-refractivity contribution in [2.24, 2.45) is 14.0 Å².